The van der Waals surface area contributed by atoms with Crippen LogP contribution in [0.1, 0.15) is 11.3 Å². The summed E-state index contributed by atoms with van der Waals surface area (Å²) >= 11 is 0. The molecule has 0 saturated carbocycles. The van der Waals surface area contributed by atoms with E-state index in [0.29, 0.717) is 0 Å². The molecule has 0 bridgehead atoms. The number of aliphatic hydroxyl groups is 1. The standard InChI is InChI=1S/C16H9N3O7/c20-14(9-1-3-10(4-2-9)18(22)23)8-13-16(21)26-15-7-11(19(24)25)5-6-12(15)17-13/h1-8,20H/b14-8-. The fourth-order valence-corrected chi connectivity index (χ4v) is 2.18. The lowest BCUT2D eigenvalue weighted by Gasteiger charge is -2.01. The van der Waals surface area contributed by atoms with Gasteiger partial charge in [-0.3, -0.25) is 20.2 Å². The molecule has 0 spiro atoms. The molecule has 0 aliphatic heterocycles. The van der Waals surface area contributed by atoms with Crippen molar-refractivity contribution < 1.29 is 19.4 Å². The molecule has 26 heavy (non-hydrogen) atoms. The number of aromatic nitrogens is 1. The van der Waals surface area contributed by atoms with Gasteiger partial charge in [-0.15, -0.1) is 0 Å². The van der Waals surface area contributed by atoms with E-state index in [1.54, 1.807) is 0 Å². The molecular weight excluding hydrogens is 346 g/mol. The second-order valence-electron chi connectivity index (χ2n) is 5.13. The fraction of sp³-hybridized carbons (Fsp3) is 0. The van der Waals surface area contributed by atoms with Crippen molar-refractivity contribution in [3.8, 4) is 0 Å². The van der Waals surface area contributed by atoms with Crippen molar-refractivity contribution in [3.63, 3.8) is 0 Å². The summed E-state index contributed by atoms with van der Waals surface area (Å²) in [5.74, 6) is -0.346. The molecule has 0 saturated heterocycles. The van der Waals surface area contributed by atoms with Crippen molar-refractivity contribution in [3.05, 3.63) is 84.4 Å². The molecule has 1 aromatic heterocycles. The van der Waals surface area contributed by atoms with Crippen molar-refractivity contribution in [2.45, 2.75) is 0 Å². The van der Waals surface area contributed by atoms with E-state index in [0.717, 1.165) is 12.1 Å². The van der Waals surface area contributed by atoms with E-state index in [2.05, 4.69) is 4.98 Å². The minimum Gasteiger partial charge on any atom is -0.507 e. The Balaban J connectivity index is 2.01. The average Bonchev–Trinajstić information content (AvgIpc) is 2.61. The number of non-ortho nitro benzene ring substituents is 2. The van der Waals surface area contributed by atoms with E-state index in [9.17, 15) is 30.1 Å². The van der Waals surface area contributed by atoms with Gasteiger partial charge in [0.15, 0.2) is 11.3 Å². The van der Waals surface area contributed by atoms with Crippen LogP contribution >= 0.6 is 0 Å². The number of hydrogen-bond acceptors (Lipinski definition) is 8. The van der Waals surface area contributed by atoms with Crippen LogP contribution in [0.2, 0.25) is 0 Å². The maximum atomic E-state index is 12.0. The van der Waals surface area contributed by atoms with E-state index in [1.807, 2.05) is 0 Å². The summed E-state index contributed by atoms with van der Waals surface area (Å²) in [7, 11) is 0. The average molecular weight is 355 g/mol. The van der Waals surface area contributed by atoms with Crippen LogP contribution in [0.25, 0.3) is 22.9 Å². The zero-order valence-electron chi connectivity index (χ0n) is 12.9. The first kappa shape index (κ1) is 16.8. The maximum absolute atomic E-state index is 12.0. The third-order valence-corrected chi connectivity index (χ3v) is 3.45. The van der Waals surface area contributed by atoms with Gasteiger partial charge < -0.3 is 9.52 Å². The highest BCUT2D eigenvalue weighted by molar-refractivity contribution is 5.79. The van der Waals surface area contributed by atoms with Crippen molar-refractivity contribution in [1.29, 1.82) is 0 Å². The van der Waals surface area contributed by atoms with Crippen LogP contribution in [0.5, 0.6) is 0 Å². The molecule has 0 amide bonds. The molecule has 3 aromatic rings. The summed E-state index contributed by atoms with van der Waals surface area (Å²) < 4.78 is 5.00. The number of aliphatic hydroxyl groups excluding tert-OH is 1. The third kappa shape index (κ3) is 3.24. The number of nitrogens with zero attached hydrogens (tertiary/aromatic N) is 3. The van der Waals surface area contributed by atoms with E-state index in [1.165, 1.54) is 36.4 Å². The Kier molecular flexibility index (Phi) is 4.15. The first-order valence-corrected chi connectivity index (χ1v) is 7.10. The molecule has 2 aromatic carbocycles. The monoisotopic (exact) mass is 355 g/mol. The summed E-state index contributed by atoms with van der Waals surface area (Å²) in [5, 5.41) is 31.5. The first-order chi connectivity index (χ1) is 12.3. The van der Waals surface area contributed by atoms with Crippen LogP contribution in [0.3, 0.4) is 0 Å². The molecule has 0 atom stereocenters. The lowest BCUT2D eigenvalue weighted by atomic mass is 10.1. The van der Waals surface area contributed by atoms with Gasteiger partial charge in [0, 0.05) is 29.8 Å². The van der Waals surface area contributed by atoms with E-state index < -0.39 is 15.5 Å². The van der Waals surface area contributed by atoms with Crippen LogP contribution in [0, 0.1) is 20.2 Å². The van der Waals surface area contributed by atoms with Gasteiger partial charge in [-0.05, 0) is 18.2 Å². The van der Waals surface area contributed by atoms with Gasteiger partial charge in [-0.25, -0.2) is 9.78 Å². The number of benzene rings is 2. The molecule has 10 heteroatoms. The van der Waals surface area contributed by atoms with Crippen LogP contribution in [-0.4, -0.2) is 19.9 Å². The maximum Gasteiger partial charge on any atom is 0.362 e. The van der Waals surface area contributed by atoms with Gasteiger partial charge in [0.1, 0.15) is 11.3 Å². The molecular formula is C16H9N3O7. The Morgan fingerprint density at radius 2 is 1.65 bits per heavy atom. The summed E-state index contributed by atoms with van der Waals surface area (Å²) in [6, 6.07) is 8.64. The summed E-state index contributed by atoms with van der Waals surface area (Å²) in [6.07, 6.45) is 1.05. The van der Waals surface area contributed by atoms with Crippen molar-refractivity contribution in [2.75, 3.05) is 0 Å². The Labute approximate surface area is 143 Å². The van der Waals surface area contributed by atoms with Gasteiger partial charge in [0.2, 0.25) is 0 Å². The number of nitro groups is 2. The molecule has 0 unspecified atom stereocenters. The highest BCUT2D eigenvalue weighted by Gasteiger charge is 2.12. The Bertz CT molecular complexity index is 1120. The molecule has 0 aliphatic rings. The van der Waals surface area contributed by atoms with E-state index in [4.69, 9.17) is 4.42 Å². The van der Waals surface area contributed by atoms with Crippen LogP contribution in [0.4, 0.5) is 11.4 Å². The molecule has 10 nitrogen and oxygen atoms in total. The van der Waals surface area contributed by atoms with Crippen LogP contribution < -0.4 is 5.63 Å². The molecule has 130 valence electrons. The predicted octanol–water partition coefficient (Wildman–Crippen LogP) is 3.06. The van der Waals surface area contributed by atoms with Crippen molar-refractivity contribution >= 4 is 34.3 Å². The summed E-state index contributed by atoms with van der Waals surface area (Å²) in [5.41, 5.74) is -1.14. The van der Waals surface area contributed by atoms with E-state index in [-0.39, 0.29) is 39.5 Å². The van der Waals surface area contributed by atoms with Gasteiger partial charge in [0.05, 0.1) is 15.9 Å². The topological polar surface area (TPSA) is 150 Å². The largest absolute Gasteiger partial charge is 0.507 e. The van der Waals surface area contributed by atoms with Crippen LogP contribution in [0.15, 0.2) is 51.7 Å². The predicted molar refractivity (Wildman–Crippen MR) is 90.5 cm³/mol. The zero-order valence-corrected chi connectivity index (χ0v) is 12.9. The highest BCUT2D eigenvalue weighted by atomic mass is 16.6. The zero-order chi connectivity index (χ0) is 18.8. The molecule has 0 aliphatic carbocycles. The Hall–Kier alpha value is -4.08. The number of hydrogen-bond donors (Lipinski definition) is 1. The second kappa shape index (κ2) is 6.43. The summed E-state index contributed by atoms with van der Waals surface area (Å²) in [6.45, 7) is 0. The van der Waals surface area contributed by atoms with Gasteiger partial charge in [0.25, 0.3) is 11.4 Å². The smallest absolute Gasteiger partial charge is 0.362 e. The van der Waals surface area contributed by atoms with E-state index >= 15 is 0 Å². The molecule has 0 radical (unpaired) electrons. The Morgan fingerprint density at radius 3 is 2.27 bits per heavy atom. The molecule has 1 N–H and O–H groups in total. The quantitative estimate of drug-likeness (QED) is 0.426. The van der Waals surface area contributed by atoms with Crippen LogP contribution in [-0.2, 0) is 0 Å². The van der Waals surface area contributed by atoms with Gasteiger partial charge in [-0.2, -0.15) is 0 Å². The lowest BCUT2D eigenvalue weighted by Crippen LogP contribution is -2.06. The molecule has 1 heterocycles. The third-order valence-electron chi connectivity index (χ3n) is 3.45. The minimum atomic E-state index is -0.897. The molecule has 0 fully saturated rings. The van der Waals surface area contributed by atoms with Gasteiger partial charge in [-0.1, -0.05) is 0 Å². The number of rotatable bonds is 4. The normalized spacial score (nSPS) is 11.5. The lowest BCUT2D eigenvalue weighted by molar-refractivity contribution is -0.385. The number of fused-ring (bicyclic) bond motifs is 1. The Morgan fingerprint density at radius 1 is 1.04 bits per heavy atom. The van der Waals surface area contributed by atoms with Crippen molar-refractivity contribution in [1.82, 2.24) is 4.98 Å². The molecule has 3 rings (SSSR count). The second-order valence-corrected chi connectivity index (χ2v) is 5.13. The highest BCUT2D eigenvalue weighted by Crippen LogP contribution is 2.21. The summed E-state index contributed by atoms with van der Waals surface area (Å²) in [4.78, 5) is 36.2. The SMILES string of the molecule is O=c1oc2cc([N+](=O)[O-])ccc2nc1/C=C(\O)c1ccc([N+](=O)[O-])cc1. The number of nitro benzene ring substituents is 2. The fourth-order valence-electron chi connectivity index (χ4n) is 2.18. The first-order valence-electron chi connectivity index (χ1n) is 7.10. The minimum absolute atomic E-state index is 0.0591. The van der Waals surface area contributed by atoms with Gasteiger partial charge >= 0.3 is 5.63 Å². The van der Waals surface area contributed by atoms with Crippen molar-refractivity contribution in [2.24, 2.45) is 0 Å².